The lowest BCUT2D eigenvalue weighted by Crippen LogP contribution is -2.14. The van der Waals surface area contributed by atoms with Crippen molar-refractivity contribution in [3.05, 3.63) is 24.0 Å². The van der Waals surface area contributed by atoms with Gasteiger partial charge in [0.25, 0.3) is 0 Å². The monoisotopic (exact) mass is 208 g/mol. The van der Waals surface area contributed by atoms with Crippen LogP contribution in [0.25, 0.3) is 0 Å². The molecule has 1 rings (SSSR count). The summed E-state index contributed by atoms with van der Waals surface area (Å²) in [4.78, 5) is 0. The number of aromatic nitrogens is 3. The molecule has 0 saturated heterocycles. The summed E-state index contributed by atoms with van der Waals surface area (Å²) in [6.45, 7) is 4.35. The van der Waals surface area contributed by atoms with E-state index in [-0.39, 0.29) is 0 Å². The third-order valence-electron chi connectivity index (χ3n) is 2.06. The quantitative estimate of drug-likeness (QED) is 0.542. The molecule has 1 aromatic heterocycles. The van der Waals surface area contributed by atoms with E-state index in [1.54, 1.807) is 4.68 Å². The maximum Gasteiger partial charge on any atom is 0.0864 e. The molecule has 0 spiro atoms. The molecule has 0 aromatic carbocycles. The molecule has 0 aliphatic carbocycles. The highest BCUT2D eigenvalue weighted by atomic mass is 15.4. The van der Waals surface area contributed by atoms with Crippen LogP contribution >= 0.6 is 0 Å². The lowest BCUT2D eigenvalue weighted by atomic mass is 10.3. The van der Waals surface area contributed by atoms with Gasteiger partial charge in [0.05, 0.1) is 5.69 Å². The van der Waals surface area contributed by atoms with E-state index in [9.17, 15) is 0 Å². The van der Waals surface area contributed by atoms with Crippen molar-refractivity contribution in [2.45, 2.75) is 26.2 Å². The van der Waals surface area contributed by atoms with Crippen LogP contribution in [0.3, 0.4) is 0 Å². The number of nitrogens with one attached hydrogen (secondary N) is 1. The van der Waals surface area contributed by atoms with E-state index in [2.05, 4.69) is 34.7 Å². The summed E-state index contributed by atoms with van der Waals surface area (Å²) < 4.78 is 1.73. The molecule has 4 nitrogen and oxygen atoms in total. The molecule has 0 amide bonds. The first-order chi connectivity index (χ1) is 7.33. The molecule has 0 saturated carbocycles. The van der Waals surface area contributed by atoms with Crippen LogP contribution in [-0.4, -0.2) is 28.1 Å². The summed E-state index contributed by atoms with van der Waals surface area (Å²) in [5.41, 5.74) is 1.02. The highest BCUT2D eigenvalue weighted by molar-refractivity contribution is 5.00. The summed E-state index contributed by atoms with van der Waals surface area (Å²) in [6, 6.07) is 0. The van der Waals surface area contributed by atoms with Crippen LogP contribution < -0.4 is 5.32 Å². The summed E-state index contributed by atoms with van der Waals surface area (Å²) in [5, 5.41) is 11.2. The van der Waals surface area contributed by atoms with Gasteiger partial charge in [-0.2, -0.15) is 0 Å². The fourth-order valence-electron chi connectivity index (χ4n) is 1.30. The van der Waals surface area contributed by atoms with Gasteiger partial charge in [-0.15, -0.1) is 5.10 Å². The van der Waals surface area contributed by atoms with Gasteiger partial charge in [0.15, 0.2) is 0 Å². The molecule has 0 aliphatic rings. The van der Waals surface area contributed by atoms with Gasteiger partial charge in [-0.05, 0) is 25.9 Å². The lowest BCUT2D eigenvalue weighted by Gasteiger charge is -1.97. The van der Waals surface area contributed by atoms with Gasteiger partial charge in [-0.25, -0.2) is 0 Å². The average Bonchev–Trinajstić information content (AvgIpc) is 2.63. The molecule has 0 fully saturated rings. The van der Waals surface area contributed by atoms with Crippen molar-refractivity contribution in [2.75, 3.05) is 13.1 Å². The van der Waals surface area contributed by atoms with Crippen molar-refractivity contribution >= 4 is 0 Å². The first kappa shape index (κ1) is 11.9. The fourth-order valence-corrected chi connectivity index (χ4v) is 1.30. The Morgan fingerprint density at radius 1 is 1.40 bits per heavy atom. The molecule has 0 aliphatic heterocycles. The predicted molar refractivity (Wildman–Crippen MR) is 61.6 cm³/mol. The van der Waals surface area contributed by atoms with Crippen molar-refractivity contribution in [3.8, 4) is 0 Å². The average molecular weight is 208 g/mol. The minimum atomic E-state index is 0.877. The van der Waals surface area contributed by atoms with Crippen LogP contribution in [-0.2, 0) is 13.5 Å². The zero-order valence-corrected chi connectivity index (χ0v) is 9.61. The molecule has 4 heteroatoms. The SMILES string of the molecule is CCCNCC/C=C/Cc1cn(C)nn1. The summed E-state index contributed by atoms with van der Waals surface area (Å²) in [6.07, 6.45) is 9.44. The first-order valence-corrected chi connectivity index (χ1v) is 5.54. The molecule has 1 aromatic rings. The van der Waals surface area contributed by atoms with E-state index in [0.717, 1.165) is 31.6 Å². The summed E-state index contributed by atoms with van der Waals surface area (Å²) >= 11 is 0. The van der Waals surface area contributed by atoms with Crippen molar-refractivity contribution in [1.29, 1.82) is 0 Å². The van der Waals surface area contributed by atoms with Gasteiger partial charge in [-0.1, -0.05) is 24.3 Å². The number of hydrogen-bond acceptors (Lipinski definition) is 3. The summed E-state index contributed by atoms with van der Waals surface area (Å²) in [5.74, 6) is 0. The standard InChI is InChI=1S/C11H20N4/c1-3-8-12-9-6-4-5-7-11-10-15(2)14-13-11/h4-5,10,12H,3,6-9H2,1-2H3/b5-4+. The van der Waals surface area contributed by atoms with Gasteiger partial charge in [-0.3, -0.25) is 4.68 Å². The number of hydrogen-bond donors (Lipinski definition) is 1. The maximum absolute atomic E-state index is 4.01. The molecule has 15 heavy (non-hydrogen) atoms. The Labute approximate surface area is 91.4 Å². The van der Waals surface area contributed by atoms with E-state index >= 15 is 0 Å². The van der Waals surface area contributed by atoms with Crippen LogP contribution in [0, 0.1) is 0 Å². The van der Waals surface area contributed by atoms with Crippen molar-refractivity contribution in [3.63, 3.8) is 0 Å². The first-order valence-electron chi connectivity index (χ1n) is 5.54. The zero-order chi connectivity index (χ0) is 10.9. The molecule has 84 valence electrons. The van der Waals surface area contributed by atoms with Gasteiger partial charge in [0.2, 0.25) is 0 Å². The fraction of sp³-hybridized carbons (Fsp3) is 0.636. The van der Waals surface area contributed by atoms with E-state index in [0.29, 0.717) is 0 Å². The Hall–Kier alpha value is -1.16. The number of allylic oxidation sites excluding steroid dienone is 1. The third-order valence-corrected chi connectivity index (χ3v) is 2.06. The van der Waals surface area contributed by atoms with Crippen LogP contribution in [0.4, 0.5) is 0 Å². The van der Waals surface area contributed by atoms with Crippen LogP contribution in [0.15, 0.2) is 18.3 Å². The number of rotatable bonds is 7. The second kappa shape index (κ2) is 7.17. The number of nitrogens with zero attached hydrogens (tertiary/aromatic N) is 3. The second-order valence-electron chi connectivity index (χ2n) is 3.60. The van der Waals surface area contributed by atoms with Crippen molar-refractivity contribution < 1.29 is 0 Å². The van der Waals surface area contributed by atoms with E-state index in [1.807, 2.05) is 13.2 Å². The molecule has 0 bridgehead atoms. The van der Waals surface area contributed by atoms with E-state index in [4.69, 9.17) is 0 Å². The lowest BCUT2D eigenvalue weighted by molar-refractivity contribution is 0.678. The smallest absolute Gasteiger partial charge is 0.0864 e. The highest BCUT2D eigenvalue weighted by Crippen LogP contribution is 1.94. The summed E-state index contributed by atoms with van der Waals surface area (Å²) in [7, 11) is 1.88. The van der Waals surface area contributed by atoms with Crippen LogP contribution in [0.5, 0.6) is 0 Å². The molecule has 0 atom stereocenters. The number of aryl methyl sites for hydroxylation is 1. The van der Waals surface area contributed by atoms with Gasteiger partial charge >= 0.3 is 0 Å². The molecule has 1 N–H and O–H groups in total. The molecule has 0 radical (unpaired) electrons. The second-order valence-corrected chi connectivity index (χ2v) is 3.60. The van der Waals surface area contributed by atoms with Gasteiger partial charge in [0.1, 0.15) is 0 Å². The predicted octanol–water partition coefficient (Wildman–Crippen LogP) is 1.30. The molecular formula is C11H20N4. The Bertz CT molecular complexity index is 291. The van der Waals surface area contributed by atoms with Crippen molar-refractivity contribution in [1.82, 2.24) is 20.3 Å². The van der Waals surface area contributed by atoms with E-state index in [1.165, 1.54) is 6.42 Å². The zero-order valence-electron chi connectivity index (χ0n) is 9.61. The van der Waals surface area contributed by atoms with Gasteiger partial charge < -0.3 is 5.32 Å². The van der Waals surface area contributed by atoms with Gasteiger partial charge in [0, 0.05) is 19.7 Å². The Kier molecular flexibility index (Phi) is 5.70. The Morgan fingerprint density at radius 3 is 2.93 bits per heavy atom. The normalized spacial score (nSPS) is 11.3. The molecule has 0 unspecified atom stereocenters. The Balaban J connectivity index is 2.06. The van der Waals surface area contributed by atoms with Crippen LogP contribution in [0.2, 0.25) is 0 Å². The third kappa shape index (κ3) is 5.32. The Morgan fingerprint density at radius 2 is 2.27 bits per heavy atom. The van der Waals surface area contributed by atoms with Crippen LogP contribution in [0.1, 0.15) is 25.5 Å². The molecular weight excluding hydrogens is 188 g/mol. The van der Waals surface area contributed by atoms with E-state index < -0.39 is 0 Å². The highest BCUT2D eigenvalue weighted by Gasteiger charge is 1.93. The minimum absolute atomic E-state index is 0.877. The molecule has 1 heterocycles. The largest absolute Gasteiger partial charge is 0.316 e. The minimum Gasteiger partial charge on any atom is -0.316 e. The topological polar surface area (TPSA) is 42.7 Å². The maximum atomic E-state index is 4.01. The van der Waals surface area contributed by atoms with Crippen molar-refractivity contribution in [2.24, 2.45) is 7.05 Å².